The van der Waals surface area contributed by atoms with Crippen molar-refractivity contribution in [3.05, 3.63) is 23.8 Å². The predicted molar refractivity (Wildman–Crippen MR) is 88.3 cm³/mol. The Bertz CT molecular complexity index is 525. The quantitative estimate of drug-likeness (QED) is 0.791. The van der Waals surface area contributed by atoms with Crippen LogP contribution in [0.2, 0.25) is 0 Å². The Kier molecular flexibility index (Phi) is 5.46. The summed E-state index contributed by atoms with van der Waals surface area (Å²) in [6, 6.07) is 5.72. The molecule has 1 N–H and O–H groups in total. The summed E-state index contributed by atoms with van der Waals surface area (Å²) in [7, 11) is 0. The van der Waals surface area contributed by atoms with Gasteiger partial charge in [-0.3, -0.25) is 4.79 Å². The molecule has 122 valence electrons. The highest BCUT2D eigenvalue weighted by atomic mass is 16.5. The summed E-state index contributed by atoms with van der Waals surface area (Å²) in [4.78, 5) is 12.7. The van der Waals surface area contributed by atoms with E-state index < -0.39 is 5.60 Å². The minimum absolute atomic E-state index is 0.0491. The first-order valence-corrected chi connectivity index (χ1v) is 8.20. The number of aryl methyl sites for hydroxylation is 1. The number of anilines is 1. The molecule has 1 fully saturated rings. The highest BCUT2D eigenvalue weighted by Gasteiger charge is 2.48. The van der Waals surface area contributed by atoms with Crippen LogP contribution in [-0.2, 0) is 9.53 Å². The number of nitrogens with one attached hydrogen (secondary N) is 1. The van der Waals surface area contributed by atoms with E-state index in [4.69, 9.17) is 9.47 Å². The molecule has 4 nitrogen and oxygen atoms in total. The Hall–Kier alpha value is -1.55. The molecular formula is C18H27NO3. The SMILES string of the molecule is CCCO[C@](C)(C(=O)Nc1ccc(OCC)c(C)c1)C1CC1. The number of amides is 1. The van der Waals surface area contributed by atoms with Gasteiger partial charge in [0.1, 0.15) is 11.4 Å². The van der Waals surface area contributed by atoms with Gasteiger partial charge in [0.05, 0.1) is 6.61 Å². The Morgan fingerprint density at radius 3 is 2.64 bits per heavy atom. The molecular weight excluding hydrogens is 278 g/mol. The zero-order valence-electron chi connectivity index (χ0n) is 14.1. The van der Waals surface area contributed by atoms with Crippen LogP contribution >= 0.6 is 0 Å². The van der Waals surface area contributed by atoms with Crippen LogP contribution in [0.3, 0.4) is 0 Å². The highest BCUT2D eigenvalue weighted by molar-refractivity contribution is 5.97. The fraction of sp³-hybridized carbons (Fsp3) is 0.611. The van der Waals surface area contributed by atoms with Crippen molar-refractivity contribution in [2.24, 2.45) is 5.92 Å². The third-order valence-electron chi connectivity index (χ3n) is 4.15. The van der Waals surface area contributed by atoms with Gasteiger partial charge in [-0.05, 0) is 69.7 Å². The largest absolute Gasteiger partial charge is 0.494 e. The molecule has 0 spiro atoms. The Morgan fingerprint density at radius 2 is 2.09 bits per heavy atom. The van der Waals surface area contributed by atoms with Crippen molar-refractivity contribution in [2.75, 3.05) is 18.5 Å². The van der Waals surface area contributed by atoms with Gasteiger partial charge in [0, 0.05) is 12.3 Å². The Morgan fingerprint density at radius 1 is 1.36 bits per heavy atom. The molecule has 4 heteroatoms. The molecule has 0 heterocycles. The Balaban J connectivity index is 2.08. The molecule has 1 aliphatic carbocycles. The normalized spacial score (nSPS) is 16.9. The van der Waals surface area contributed by atoms with Gasteiger partial charge in [-0.1, -0.05) is 6.92 Å². The molecule has 0 bridgehead atoms. The second-order valence-corrected chi connectivity index (χ2v) is 6.10. The van der Waals surface area contributed by atoms with Crippen molar-refractivity contribution < 1.29 is 14.3 Å². The number of hydrogen-bond donors (Lipinski definition) is 1. The van der Waals surface area contributed by atoms with E-state index >= 15 is 0 Å². The monoisotopic (exact) mass is 305 g/mol. The van der Waals surface area contributed by atoms with Crippen LogP contribution in [0.5, 0.6) is 5.75 Å². The first-order valence-electron chi connectivity index (χ1n) is 8.20. The second kappa shape index (κ2) is 7.14. The van der Waals surface area contributed by atoms with Gasteiger partial charge in [0.15, 0.2) is 0 Å². The minimum atomic E-state index is -0.720. The lowest BCUT2D eigenvalue weighted by molar-refractivity contribution is -0.142. The predicted octanol–water partition coefficient (Wildman–Crippen LogP) is 3.93. The first-order chi connectivity index (χ1) is 10.5. The maximum Gasteiger partial charge on any atom is 0.256 e. The zero-order valence-corrected chi connectivity index (χ0v) is 14.1. The zero-order chi connectivity index (χ0) is 16.2. The molecule has 0 saturated heterocycles. The van der Waals surface area contributed by atoms with E-state index in [0.29, 0.717) is 19.1 Å². The highest BCUT2D eigenvalue weighted by Crippen LogP contribution is 2.42. The van der Waals surface area contributed by atoms with E-state index in [0.717, 1.165) is 36.3 Å². The number of carbonyl (C=O) groups excluding carboxylic acids is 1. The lowest BCUT2D eigenvalue weighted by Crippen LogP contribution is -2.45. The van der Waals surface area contributed by atoms with E-state index in [2.05, 4.69) is 12.2 Å². The van der Waals surface area contributed by atoms with Gasteiger partial charge < -0.3 is 14.8 Å². The van der Waals surface area contributed by atoms with Gasteiger partial charge in [-0.15, -0.1) is 0 Å². The molecule has 1 atom stereocenters. The number of ether oxygens (including phenoxy) is 2. The summed E-state index contributed by atoms with van der Waals surface area (Å²) < 4.78 is 11.4. The molecule has 0 unspecified atom stereocenters. The molecule has 1 aromatic rings. The fourth-order valence-electron chi connectivity index (χ4n) is 2.62. The van der Waals surface area contributed by atoms with Crippen LogP contribution in [0, 0.1) is 12.8 Å². The van der Waals surface area contributed by atoms with Crippen LogP contribution in [0.4, 0.5) is 5.69 Å². The topological polar surface area (TPSA) is 47.6 Å². The van der Waals surface area contributed by atoms with Gasteiger partial charge >= 0.3 is 0 Å². The van der Waals surface area contributed by atoms with Crippen LogP contribution < -0.4 is 10.1 Å². The average Bonchev–Trinajstić information content (AvgIpc) is 3.32. The summed E-state index contributed by atoms with van der Waals surface area (Å²) in [5, 5.41) is 3.00. The lowest BCUT2D eigenvalue weighted by Gasteiger charge is -2.28. The van der Waals surface area contributed by atoms with Crippen molar-refractivity contribution in [1.29, 1.82) is 0 Å². The van der Waals surface area contributed by atoms with E-state index in [9.17, 15) is 4.79 Å². The van der Waals surface area contributed by atoms with E-state index in [1.54, 1.807) is 0 Å². The van der Waals surface area contributed by atoms with Crippen molar-refractivity contribution in [1.82, 2.24) is 0 Å². The minimum Gasteiger partial charge on any atom is -0.494 e. The summed E-state index contributed by atoms with van der Waals surface area (Å²) in [6.07, 6.45) is 3.05. The molecule has 0 aromatic heterocycles. The van der Waals surface area contributed by atoms with Crippen molar-refractivity contribution >= 4 is 11.6 Å². The van der Waals surface area contributed by atoms with Crippen LogP contribution in [0.15, 0.2) is 18.2 Å². The Labute approximate surface area is 133 Å². The van der Waals surface area contributed by atoms with Crippen molar-refractivity contribution in [3.8, 4) is 5.75 Å². The molecule has 1 aliphatic rings. The van der Waals surface area contributed by atoms with Crippen molar-refractivity contribution in [3.63, 3.8) is 0 Å². The van der Waals surface area contributed by atoms with Gasteiger partial charge in [0.25, 0.3) is 5.91 Å². The van der Waals surface area contributed by atoms with Crippen molar-refractivity contribution in [2.45, 2.75) is 52.6 Å². The van der Waals surface area contributed by atoms with E-state index in [1.807, 2.05) is 39.0 Å². The maximum absolute atomic E-state index is 12.7. The van der Waals surface area contributed by atoms with E-state index in [-0.39, 0.29) is 5.91 Å². The van der Waals surface area contributed by atoms with E-state index in [1.165, 1.54) is 0 Å². The molecule has 1 saturated carbocycles. The summed E-state index contributed by atoms with van der Waals surface area (Å²) in [5.74, 6) is 1.14. The molecule has 22 heavy (non-hydrogen) atoms. The molecule has 2 rings (SSSR count). The third kappa shape index (κ3) is 3.80. The summed E-state index contributed by atoms with van der Waals surface area (Å²) in [5.41, 5.74) is 1.09. The van der Waals surface area contributed by atoms with Gasteiger partial charge in [-0.25, -0.2) is 0 Å². The maximum atomic E-state index is 12.7. The van der Waals surface area contributed by atoms with Crippen LogP contribution in [-0.4, -0.2) is 24.7 Å². The second-order valence-electron chi connectivity index (χ2n) is 6.10. The van der Waals surface area contributed by atoms with Crippen LogP contribution in [0.1, 0.15) is 45.6 Å². The lowest BCUT2D eigenvalue weighted by atomic mass is 9.98. The molecule has 1 aromatic carbocycles. The number of carbonyl (C=O) groups is 1. The number of rotatable bonds is 8. The first kappa shape index (κ1) is 16.8. The number of hydrogen-bond acceptors (Lipinski definition) is 3. The third-order valence-corrected chi connectivity index (χ3v) is 4.15. The van der Waals surface area contributed by atoms with Crippen LogP contribution in [0.25, 0.3) is 0 Å². The average molecular weight is 305 g/mol. The smallest absolute Gasteiger partial charge is 0.256 e. The standard InChI is InChI=1S/C18H27NO3/c1-5-11-22-18(4,14-7-8-14)17(20)19-15-9-10-16(21-6-2)13(3)12-15/h9-10,12,14H,5-8,11H2,1-4H3,(H,19,20)/t18-/m0/s1. The molecule has 1 amide bonds. The fourth-order valence-corrected chi connectivity index (χ4v) is 2.62. The van der Waals surface area contributed by atoms with Gasteiger partial charge in [-0.2, -0.15) is 0 Å². The number of benzene rings is 1. The van der Waals surface area contributed by atoms with Gasteiger partial charge in [0.2, 0.25) is 0 Å². The molecule has 0 radical (unpaired) electrons. The molecule has 0 aliphatic heterocycles. The summed E-state index contributed by atoms with van der Waals surface area (Å²) >= 11 is 0. The summed E-state index contributed by atoms with van der Waals surface area (Å²) in [6.45, 7) is 9.16.